The van der Waals surface area contributed by atoms with Crippen LogP contribution in [0.4, 0.5) is 26.2 Å². The van der Waals surface area contributed by atoms with Crippen LogP contribution in [0.15, 0.2) is 36.8 Å². The second-order valence-corrected chi connectivity index (χ2v) is 7.32. The molecule has 0 atom stereocenters. The van der Waals surface area contributed by atoms with Crippen molar-refractivity contribution >= 4 is 35.1 Å². The number of benzene rings is 1. The molecule has 0 aliphatic rings. The summed E-state index contributed by atoms with van der Waals surface area (Å²) in [4.78, 5) is 20.0. The molecule has 0 aliphatic heterocycles. The summed E-state index contributed by atoms with van der Waals surface area (Å²) >= 11 is 1.77. The van der Waals surface area contributed by atoms with E-state index in [0.29, 0.717) is 5.69 Å². The molecule has 1 amide bonds. The van der Waals surface area contributed by atoms with Crippen LogP contribution in [0.3, 0.4) is 0 Å². The molecule has 0 fully saturated rings. The number of nitrogens with one attached hydrogen (secondary N) is 2. The van der Waals surface area contributed by atoms with Crippen LogP contribution in [-0.4, -0.2) is 37.7 Å². The summed E-state index contributed by atoms with van der Waals surface area (Å²) in [6.07, 6.45) is 7.74. The number of hydrogen-bond acceptors (Lipinski definition) is 7. The van der Waals surface area contributed by atoms with Gasteiger partial charge in [-0.15, -0.1) is 0 Å². The van der Waals surface area contributed by atoms with E-state index < -0.39 is 17.5 Å². The molecule has 8 nitrogen and oxygen atoms in total. The van der Waals surface area contributed by atoms with Gasteiger partial charge in [0.15, 0.2) is 0 Å². The predicted molar refractivity (Wildman–Crippen MR) is 113 cm³/mol. The number of carbonyl (C=O) groups is 1. The van der Waals surface area contributed by atoms with Crippen molar-refractivity contribution in [1.29, 1.82) is 0 Å². The smallest absolute Gasteiger partial charge is 0.254 e. The van der Waals surface area contributed by atoms with Crippen LogP contribution in [0.25, 0.3) is 0 Å². The molecule has 0 unspecified atom stereocenters. The van der Waals surface area contributed by atoms with E-state index in [-0.39, 0.29) is 29.4 Å². The third kappa shape index (κ3) is 5.44. The summed E-state index contributed by atoms with van der Waals surface area (Å²) in [5, 5.41) is 10.0. The Morgan fingerprint density at radius 1 is 1.27 bits per heavy atom. The largest absolute Gasteiger partial charge is 0.365 e. The molecular formula is C19H21F2N7OS. The molecule has 2 aromatic heterocycles. The van der Waals surface area contributed by atoms with Crippen LogP contribution in [0.2, 0.25) is 0 Å². The Kier molecular flexibility index (Phi) is 7.17. The van der Waals surface area contributed by atoms with Gasteiger partial charge in [0.2, 0.25) is 5.95 Å². The van der Waals surface area contributed by atoms with Crippen LogP contribution < -0.4 is 16.4 Å². The Morgan fingerprint density at radius 2 is 2.03 bits per heavy atom. The maximum absolute atomic E-state index is 13.9. The van der Waals surface area contributed by atoms with Gasteiger partial charge >= 0.3 is 0 Å². The molecule has 2 heterocycles. The minimum Gasteiger partial charge on any atom is -0.365 e. The molecule has 11 heteroatoms. The van der Waals surface area contributed by atoms with Crippen molar-refractivity contribution in [3.63, 3.8) is 0 Å². The summed E-state index contributed by atoms with van der Waals surface area (Å²) in [6.45, 7) is 0.563. The third-order valence-corrected chi connectivity index (χ3v) is 4.87. The molecular weight excluding hydrogens is 412 g/mol. The van der Waals surface area contributed by atoms with Crippen molar-refractivity contribution in [1.82, 2.24) is 19.7 Å². The maximum atomic E-state index is 13.9. The second-order valence-electron chi connectivity index (χ2n) is 6.34. The zero-order valence-electron chi connectivity index (χ0n) is 16.2. The molecule has 3 aromatic rings. The van der Waals surface area contributed by atoms with Crippen molar-refractivity contribution in [2.45, 2.75) is 19.5 Å². The second kappa shape index (κ2) is 10.0. The van der Waals surface area contributed by atoms with Crippen LogP contribution in [0, 0.1) is 11.6 Å². The van der Waals surface area contributed by atoms with Crippen molar-refractivity contribution < 1.29 is 13.6 Å². The highest BCUT2D eigenvalue weighted by Gasteiger charge is 2.15. The number of hydrogen-bond donors (Lipinski definition) is 3. The van der Waals surface area contributed by atoms with Gasteiger partial charge in [0.25, 0.3) is 5.91 Å². The fourth-order valence-electron chi connectivity index (χ4n) is 2.68. The van der Waals surface area contributed by atoms with Crippen molar-refractivity contribution in [2.75, 3.05) is 22.6 Å². The molecule has 0 aliphatic carbocycles. The molecule has 0 saturated heterocycles. The van der Waals surface area contributed by atoms with Crippen LogP contribution in [0.5, 0.6) is 0 Å². The van der Waals surface area contributed by atoms with Crippen molar-refractivity contribution in [3.8, 4) is 0 Å². The van der Waals surface area contributed by atoms with Crippen molar-refractivity contribution in [2.24, 2.45) is 5.73 Å². The lowest BCUT2D eigenvalue weighted by Gasteiger charge is -2.12. The van der Waals surface area contributed by atoms with E-state index in [4.69, 9.17) is 5.73 Å². The fourth-order valence-corrected chi connectivity index (χ4v) is 3.10. The minimum absolute atomic E-state index is 0.00468. The molecule has 0 spiro atoms. The van der Waals surface area contributed by atoms with Gasteiger partial charge in [-0.25, -0.2) is 13.8 Å². The Hall–Kier alpha value is -3.21. The third-order valence-electron chi connectivity index (χ3n) is 4.17. The fraction of sp³-hybridized carbons (Fsp3) is 0.263. The van der Waals surface area contributed by atoms with Gasteiger partial charge in [0.1, 0.15) is 17.5 Å². The molecule has 0 bridgehead atoms. The average Bonchev–Trinajstić information content (AvgIpc) is 3.15. The predicted octanol–water partition coefficient (Wildman–Crippen LogP) is 3.16. The number of carbonyl (C=O) groups excluding carboxylic acids is 1. The topological polar surface area (TPSA) is 111 Å². The zero-order chi connectivity index (χ0) is 21.5. The number of anilines is 3. The standard InChI is InChI=1S/C19H21F2N7OS/c1-30-7-3-6-28-11-12(8-25-28)26-19-24-10-14(17(22)29)18(27-19)23-9-13-15(20)4-2-5-16(13)21/h2,4-5,8,10-11H,3,6-7,9H2,1H3,(H2,22,29)(H2,23,24,26,27). The number of nitrogens with zero attached hydrogens (tertiary/aromatic N) is 4. The van der Waals surface area contributed by atoms with E-state index in [1.165, 1.54) is 12.3 Å². The Bertz CT molecular complexity index is 1010. The zero-order valence-corrected chi connectivity index (χ0v) is 17.0. The summed E-state index contributed by atoms with van der Waals surface area (Å²) in [5.41, 5.74) is 5.86. The van der Waals surface area contributed by atoms with Gasteiger partial charge in [0, 0.05) is 31.0 Å². The first-order valence-electron chi connectivity index (χ1n) is 9.10. The summed E-state index contributed by atoms with van der Waals surface area (Å²) in [6, 6.07) is 3.58. The lowest BCUT2D eigenvalue weighted by Crippen LogP contribution is -2.17. The van der Waals surface area contributed by atoms with Crippen LogP contribution in [0.1, 0.15) is 22.3 Å². The van der Waals surface area contributed by atoms with Gasteiger partial charge in [-0.1, -0.05) is 6.07 Å². The highest BCUT2D eigenvalue weighted by atomic mass is 32.2. The maximum Gasteiger partial charge on any atom is 0.254 e. The first kappa shape index (κ1) is 21.5. The highest BCUT2D eigenvalue weighted by Crippen LogP contribution is 2.19. The van der Waals surface area contributed by atoms with E-state index in [2.05, 4.69) is 32.0 Å². The number of rotatable bonds is 10. The normalized spacial score (nSPS) is 10.8. The molecule has 4 N–H and O–H groups in total. The van der Waals surface area contributed by atoms with Crippen LogP contribution in [-0.2, 0) is 13.1 Å². The minimum atomic E-state index is -0.764. The Balaban J connectivity index is 1.75. The molecule has 0 radical (unpaired) electrons. The SMILES string of the molecule is CSCCCn1cc(Nc2ncc(C(N)=O)c(NCc3c(F)cccc3F)n2)cn1. The summed E-state index contributed by atoms with van der Waals surface area (Å²) in [7, 11) is 0. The number of aryl methyl sites for hydroxylation is 1. The van der Waals surface area contributed by atoms with E-state index >= 15 is 0 Å². The molecule has 3 rings (SSSR count). The lowest BCUT2D eigenvalue weighted by atomic mass is 10.2. The monoisotopic (exact) mass is 433 g/mol. The lowest BCUT2D eigenvalue weighted by molar-refractivity contribution is 0.100. The number of amides is 1. The van der Waals surface area contributed by atoms with Gasteiger partial charge in [-0.2, -0.15) is 21.8 Å². The Morgan fingerprint density at radius 3 is 2.73 bits per heavy atom. The summed E-state index contributed by atoms with van der Waals surface area (Å²) < 4.78 is 29.5. The number of nitrogens with two attached hydrogens (primary N) is 1. The number of primary amides is 1. The van der Waals surface area contributed by atoms with E-state index in [0.717, 1.165) is 30.9 Å². The van der Waals surface area contributed by atoms with E-state index in [1.807, 2.05) is 6.20 Å². The van der Waals surface area contributed by atoms with Crippen LogP contribution >= 0.6 is 11.8 Å². The number of aromatic nitrogens is 4. The van der Waals surface area contributed by atoms with Gasteiger partial charge in [-0.05, 0) is 30.6 Å². The van der Waals surface area contributed by atoms with Crippen molar-refractivity contribution in [3.05, 3.63) is 59.6 Å². The molecule has 0 saturated carbocycles. The van der Waals surface area contributed by atoms with Gasteiger partial charge in [0.05, 0.1) is 17.4 Å². The highest BCUT2D eigenvalue weighted by molar-refractivity contribution is 7.98. The van der Waals surface area contributed by atoms with Gasteiger partial charge < -0.3 is 16.4 Å². The molecule has 1 aromatic carbocycles. The average molecular weight is 433 g/mol. The molecule has 158 valence electrons. The first-order valence-corrected chi connectivity index (χ1v) is 10.5. The van der Waals surface area contributed by atoms with E-state index in [9.17, 15) is 13.6 Å². The van der Waals surface area contributed by atoms with Gasteiger partial charge in [-0.3, -0.25) is 9.48 Å². The first-order chi connectivity index (χ1) is 14.5. The molecule has 30 heavy (non-hydrogen) atoms. The quantitative estimate of drug-likeness (QED) is 0.421. The van der Waals surface area contributed by atoms with E-state index in [1.54, 1.807) is 22.6 Å². The summed E-state index contributed by atoms with van der Waals surface area (Å²) in [5.74, 6) is -0.888. The number of halogens is 2. The number of thioether (sulfide) groups is 1. The Labute approximate surface area is 176 Å².